The van der Waals surface area contributed by atoms with Crippen molar-refractivity contribution in [3.05, 3.63) is 52.5 Å². The number of aliphatic hydroxyl groups excluding tert-OH is 1. The lowest BCUT2D eigenvalue weighted by Crippen LogP contribution is -2.13. The second-order valence-corrected chi connectivity index (χ2v) is 4.59. The molecule has 0 bridgehead atoms. The van der Waals surface area contributed by atoms with Crippen molar-refractivity contribution in [3.63, 3.8) is 0 Å². The van der Waals surface area contributed by atoms with E-state index in [4.69, 9.17) is 9.52 Å². The van der Waals surface area contributed by atoms with Gasteiger partial charge in [-0.25, -0.2) is 0 Å². The number of nitrogens with one attached hydrogen (secondary N) is 1. The zero-order valence-corrected chi connectivity index (χ0v) is 11.3. The summed E-state index contributed by atoms with van der Waals surface area (Å²) in [6.45, 7) is 5.43. The van der Waals surface area contributed by atoms with Crippen LogP contribution < -0.4 is 5.32 Å². The van der Waals surface area contributed by atoms with Gasteiger partial charge in [0.2, 0.25) is 0 Å². The summed E-state index contributed by atoms with van der Waals surface area (Å²) in [7, 11) is 0. The molecule has 0 aliphatic rings. The Balaban J connectivity index is 2.26. The summed E-state index contributed by atoms with van der Waals surface area (Å²) in [5.41, 5.74) is 2.95. The number of anilines is 1. The first-order chi connectivity index (χ1) is 9.01. The van der Waals surface area contributed by atoms with Crippen molar-refractivity contribution in [2.24, 2.45) is 0 Å². The molecule has 100 valence electrons. The van der Waals surface area contributed by atoms with Gasteiger partial charge in [-0.2, -0.15) is 0 Å². The summed E-state index contributed by atoms with van der Waals surface area (Å²) in [5.74, 6) is 1.11. The number of furan rings is 1. The molecule has 2 N–H and O–H groups in total. The van der Waals surface area contributed by atoms with Crippen LogP contribution in [-0.2, 0) is 6.61 Å². The zero-order chi connectivity index (χ0) is 14.0. The monoisotopic (exact) mass is 259 g/mol. The van der Waals surface area contributed by atoms with E-state index in [-0.39, 0.29) is 12.5 Å². The number of carbonyl (C=O) groups excluding carboxylic acids is 1. The molecule has 2 rings (SSSR count). The van der Waals surface area contributed by atoms with Crippen LogP contribution in [0, 0.1) is 20.8 Å². The van der Waals surface area contributed by atoms with Gasteiger partial charge in [0.05, 0.1) is 12.2 Å². The van der Waals surface area contributed by atoms with Crippen molar-refractivity contribution >= 4 is 11.6 Å². The lowest BCUT2D eigenvalue weighted by atomic mass is 10.1. The van der Waals surface area contributed by atoms with Gasteiger partial charge in [-0.3, -0.25) is 4.79 Å². The fraction of sp³-hybridized carbons (Fsp3) is 0.267. The van der Waals surface area contributed by atoms with Crippen molar-refractivity contribution in [3.8, 4) is 0 Å². The Morgan fingerprint density at radius 3 is 2.58 bits per heavy atom. The molecule has 0 unspecified atom stereocenters. The van der Waals surface area contributed by atoms with Gasteiger partial charge in [0.25, 0.3) is 5.91 Å². The molecule has 0 spiro atoms. The first-order valence-corrected chi connectivity index (χ1v) is 6.10. The molecule has 1 aromatic heterocycles. The molecule has 0 aliphatic carbocycles. The number of amides is 1. The van der Waals surface area contributed by atoms with Crippen LogP contribution in [0.2, 0.25) is 0 Å². The topological polar surface area (TPSA) is 62.5 Å². The van der Waals surface area contributed by atoms with Gasteiger partial charge in [-0.1, -0.05) is 12.1 Å². The van der Waals surface area contributed by atoms with E-state index in [9.17, 15) is 4.79 Å². The van der Waals surface area contributed by atoms with Gasteiger partial charge in [0, 0.05) is 5.69 Å². The largest absolute Gasteiger partial charge is 0.466 e. The molecule has 19 heavy (non-hydrogen) atoms. The minimum Gasteiger partial charge on any atom is -0.466 e. The number of benzene rings is 1. The van der Waals surface area contributed by atoms with Crippen LogP contribution in [0.3, 0.4) is 0 Å². The average Bonchev–Trinajstić information content (AvgIpc) is 2.71. The molecular formula is C15H17NO3. The number of hydrogen-bond acceptors (Lipinski definition) is 3. The van der Waals surface area contributed by atoms with Gasteiger partial charge in [0.15, 0.2) is 0 Å². The normalized spacial score (nSPS) is 10.5. The van der Waals surface area contributed by atoms with Crippen LogP contribution in [0.25, 0.3) is 0 Å². The SMILES string of the molecule is Cc1cc(C(=O)Nc2cc(CO)ccc2C)c(C)o1. The standard InChI is InChI=1S/C15H17NO3/c1-9-4-5-12(8-17)7-14(9)16-15(18)13-6-10(2)19-11(13)3/h4-7,17H,8H2,1-3H3,(H,16,18). The smallest absolute Gasteiger partial charge is 0.259 e. The molecule has 0 fully saturated rings. The summed E-state index contributed by atoms with van der Waals surface area (Å²) in [4.78, 5) is 12.2. The minimum atomic E-state index is -0.201. The molecule has 0 saturated carbocycles. The molecule has 1 amide bonds. The third-order valence-electron chi connectivity index (χ3n) is 3.02. The lowest BCUT2D eigenvalue weighted by molar-refractivity contribution is 0.102. The van der Waals surface area contributed by atoms with Gasteiger partial charge < -0.3 is 14.8 Å². The highest BCUT2D eigenvalue weighted by molar-refractivity contribution is 6.05. The van der Waals surface area contributed by atoms with E-state index in [0.29, 0.717) is 22.8 Å². The first-order valence-electron chi connectivity index (χ1n) is 6.10. The number of aliphatic hydroxyl groups is 1. The molecule has 2 aromatic rings. The van der Waals surface area contributed by atoms with Crippen LogP contribution in [0.15, 0.2) is 28.7 Å². The quantitative estimate of drug-likeness (QED) is 0.890. The van der Waals surface area contributed by atoms with E-state index in [0.717, 1.165) is 11.1 Å². The number of hydrogen-bond donors (Lipinski definition) is 2. The maximum atomic E-state index is 12.2. The molecule has 0 atom stereocenters. The van der Waals surface area contributed by atoms with Crippen molar-refractivity contribution in [1.29, 1.82) is 0 Å². The van der Waals surface area contributed by atoms with Crippen molar-refractivity contribution in [2.45, 2.75) is 27.4 Å². The Morgan fingerprint density at radius 1 is 1.26 bits per heavy atom. The average molecular weight is 259 g/mol. The summed E-state index contributed by atoms with van der Waals surface area (Å²) in [6, 6.07) is 7.19. The minimum absolute atomic E-state index is 0.0486. The summed E-state index contributed by atoms with van der Waals surface area (Å²) < 4.78 is 5.35. The second kappa shape index (κ2) is 5.28. The predicted molar refractivity (Wildman–Crippen MR) is 73.2 cm³/mol. The highest BCUT2D eigenvalue weighted by Crippen LogP contribution is 2.20. The third-order valence-corrected chi connectivity index (χ3v) is 3.02. The highest BCUT2D eigenvalue weighted by Gasteiger charge is 2.14. The molecule has 1 heterocycles. The third kappa shape index (κ3) is 2.85. The molecule has 4 heteroatoms. The predicted octanol–water partition coefficient (Wildman–Crippen LogP) is 2.95. The lowest BCUT2D eigenvalue weighted by Gasteiger charge is -2.09. The summed E-state index contributed by atoms with van der Waals surface area (Å²) in [6.07, 6.45) is 0. The van der Waals surface area contributed by atoms with Crippen LogP contribution >= 0.6 is 0 Å². The van der Waals surface area contributed by atoms with Crippen LogP contribution in [0.5, 0.6) is 0 Å². The zero-order valence-electron chi connectivity index (χ0n) is 11.3. The van der Waals surface area contributed by atoms with E-state index < -0.39 is 0 Å². The van der Waals surface area contributed by atoms with Gasteiger partial charge in [-0.15, -0.1) is 0 Å². The Morgan fingerprint density at radius 2 is 2.00 bits per heavy atom. The second-order valence-electron chi connectivity index (χ2n) is 4.59. The Labute approximate surface area is 112 Å². The summed E-state index contributed by atoms with van der Waals surface area (Å²) in [5, 5.41) is 12.0. The first kappa shape index (κ1) is 13.4. The number of rotatable bonds is 3. The van der Waals surface area contributed by atoms with Crippen LogP contribution in [0.4, 0.5) is 5.69 Å². The Bertz CT molecular complexity index is 614. The van der Waals surface area contributed by atoms with E-state index in [1.165, 1.54) is 0 Å². The molecule has 0 radical (unpaired) electrons. The molecule has 4 nitrogen and oxygen atoms in total. The van der Waals surface area contributed by atoms with Crippen molar-refractivity contribution < 1.29 is 14.3 Å². The Hall–Kier alpha value is -2.07. The van der Waals surface area contributed by atoms with Crippen molar-refractivity contribution in [2.75, 3.05) is 5.32 Å². The molecule has 1 aromatic carbocycles. The van der Waals surface area contributed by atoms with Gasteiger partial charge >= 0.3 is 0 Å². The van der Waals surface area contributed by atoms with E-state index in [2.05, 4.69) is 5.32 Å². The van der Waals surface area contributed by atoms with E-state index in [1.54, 1.807) is 26.0 Å². The fourth-order valence-corrected chi connectivity index (χ4v) is 1.95. The Kier molecular flexibility index (Phi) is 3.71. The van der Waals surface area contributed by atoms with Gasteiger partial charge in [0.1, 0.15) is 11.5 Å². The van der Waals surface area contributed by atoms with Gasteiger partial charge in [-0.05, 0) is 44.0 Å². The van der Waals surface area contributed by atoms with Crippen LogP contribution in [-0.4, -0.2) is 11.0 Å². The van der Waals surface area contributed by atoms with E-state index >= 15 is 0 Å². The highest BCUT2D eigenvalue weighted by atomic mass is 16.3. The van der Waals surface area contributed by atoms with E-state index in [1.807, 2.05) is 19.1 Å². The van der Waals surface area contributed by atoms with Crippen molar-refractivity contribution in [1.82, 2.24) is 0 Å². The number of aryl methyl sites for hydroxylation is 3. The number of carbonyl (C=O) groups is 1. The summed E-state index contributed by atoms with van der Waals surface area (Å²) >= 11 is 0. The maximum Gasteiger partial charge on any atom is 0.259 e. The van der Waals surface area contributed by atoms with Crippen LogP contribution in [0.1, 0.15) is 33.0 Å². The molecular weight excluding hydrogens is 242 g/mol. The molecule has 0 saturated heterocycles. The maximum absolute atomic E-state index is 12.2. The fourth-order valence-electron chi connectivity index (χ4n) is 1.95. The molecule has 0 aliphatic heterocycles.